The van der Waals surface area contributed by atoms with Crippen molar-refractivity contribution in [2.45, 2.75) is 46.5 Å². The SMILES string of the molecule is COc1cc(OC)cc(C(=O)Nc2nc3c(s2)CCC3C(=O)N(CC(C)C)CC(C)C)c1. The van der Waals surface area contributed by atoms with Crippen LogP contribution in [0.2, 0.25) is 0 Å². The zero-order chi connectivity index (χ0) is 23.4. The van der Waals surface area contributed by atoms with E-state index in [1.54, 1.807) is 32.4 Å². The summed E-state index contributed by atoms with van der Waals surface area (Å²) >= 11 is 1.45. The van der Waals surface area contributed by atoms with Gasteiger partial charge in [0.05, 0.1) is 25.8 Å². The van der Waals surface area contributed by atoms with Gasteiger partial charge in [0.1, 0.15) is 11.5 Å². The van der Waals surface area contributed by atoms with E-state index in [9.17, 15) is 9.59 Å². The number of amides is 2. The summed E-state index contributed by atoms with van der Waals surface area (Å²) in [5.41, 5.74) is 1.24. The van der Waals surface area contributed by atoms with Crippen LogP contribution in [0.1, 0.15) is 61.0 Å². The van der Waals surface area contributed by atoms with Crippen LogP contribution >= 0.6 is 11.3 Å². The van der Waals surface area contributed by atoms with Crippen molar-refractivity contribution < 1.29 is 19.1 Å². The topological polar surface area (TPSA) is 80.8 Å². The number of hydrogen-bond donors (Lipinski definition) is 1. The van der Waals surface area contributed by atoms with Crippen molar-refractivity contribution >= 4 is 28.3 Å². The van der Waals surface area contributed by atoms with Crippen molar-refractivity contribution in [2.24, 2.45) is 11.8 Å². The number of nitrogens with one attached hydrogen (secondary N) is 1. The molecule has 32 heavy (non-hydrogen) atoms. The molecule has 8 heteroatoms. The maximum absolute atomic E-state index is 13.3. The molecule has 0 bridgehead atoms. The lowest BCUT2D eigenvalue weighted by Gasteiger charge is -2.28. The van der Waals surface area contributed by atoms with Crippen molar-refractivity contribution in [3.8, 4) is 11.5 Å². The highest BCUT2D eigenvalue weighted by Gasteiger charge is 2.35. The molecule has 1 unspecified atom stereocenters. The average Bonchev–Trinajstić information content (AvgIpc) is 3.31. The normalized spacial score (nSPS) is 15.1. The fourth-order valence-corrected chi connectivity index (χ4v) is 5.02. The van der Waals surface area contributed by atoms with E-state index in [1.165, 1.54) is 11.3 Å². The molecule has 1 aromatic heterocycles. The summed E-state index contributed by atoms with van der Waals surface area (Å²) in [4.78, 5) is 33.9. The quantitative estimate of drug-likeness (QED) is 0.594. The Morgan fingerprint density at radius 2 is 1.69 bits per heavy atom. The summed E-state index contributed by atoms with van der Waals surface area (Å²) in [6.07, 6.45) is 1.59. The Bertz CT molecular complexity index is 938. The summed E-state index contributed by atoms with van der Waals surface area (Å²) in [7, 11) is 3.09. The molecular weight excluding hydrogens is 426 g/mol. The molecule has 0 fully saturated rings. The first-order valence-corrected chi connectivity index (χ1v) is 11.9. The second-order valence-corrected chi connectivity index (χ2v) is 10.1. The van der Waals surface area contributed by atoms with E-state index < -0.39 is 0 Å². The van der Waals surface area contributed by atoms with Gasteiger partial charge in [0, 0.05) is 29.6 Å². The highest BCUT2D eigenvalue weighted by Crippen LogP contribution is 2.39. The molecule has 3 rings (SSSR count). The van der Waals surface area contributed by atoms with Gasteiger partial charge in [-0.2, -0.15) is 0 Å². The predicted octanol–water partition coefficient (Wildman–Crippen LogP) is 4.58. The maximum Gasteiger partial charge on any atom is 0.257 e. The summed E-state index contributed by atoms with van der Waals surface area (Å²) in [5, 5.41) is 3.39. The smallest absolute Gasteiger partial charge is 0.257 e. The first-order chi connectivity index (χ1) is 15.2. The van der Waals surface area contributed by atoms with E-state index in [0.717, 1.165) is 36.5 Å². The monoisotopic (exact) mass is 459 g/mol. The van der Waals surface area contributed by atoms with Crippen LogP contribution in [0.5, 0.6) is 11.5 Å². The highest BCUT2D eigenvalue weighted by molar-refractivity contribution is 7.16. The van der Waals surface area contributed by atoms with Crippen LogP contribution in [0.3, 0.4) is 0 Å². The molecule has 174 valence electrons. The van der Waals surface area contributed by atoms with Gasteiger partial charge in [-0.3, -0.25) is 14.9 Å². The van der Waals surface area contributed by atoms with E-state index in [-0.39, 0.29) is 17.7 Å². The number of aryl methyl sites for hydroxylation is 1. The molecule has 0 radical (unpaired) electrons. The molecule has 0 saturated heterocycles. The average molecular weight is 460 g/mol. The van der Waals surface area contributed by atoms with Gasteiger partial charge >= 0.3 is 0 Å². The Morgan fingerprint density at radius 3 is 2.22 bits per heavy atom. The minimum absolute atomic E-state index is 0.145. The number of carbonyl (C=O) groups is 2. The Morgan fingerprint density at radius 1 is 1.09 bits per heavy atom. The molecule has 1 aromatic carbocycles. The van der Waals surface area contributed by atoms with Crippen LogP contribution in [0, 0.1) is 11.8 Å². The number of thiazole rings is 1. The fourth-order valence-electron chi connectivity index (χ4n) is 3.99. The van der Waals surface area contributed by atoms with E-state index >= 15 is 0 Å². The molecule has 1 aliphatic carbocycles. The van der Waals surface area contributed by atoms with E-state index in [1.807, 2.05) is 4.90 Å². The number of fused-ring (bicyclic) bond motifs is 1. The highest BCUT2D eigenvalue weighted by atomic mass is 32.1. The third-order valence-corrected chi connectivity index (χ3v) is 6.38. The van der Waals surface area contributed by atoms with Gasteiger partial charge in [0.25, 0.3) is 5.91 Å². The van der Waals surface area contributed by atoms with Crippen LogP contribution < -0.4 is 14.8 Å². The number of carbonyl (C=O) groups excluding carboxylic acids is 2. The van der Waals surface area contributed by atoms with Crippen molar-refractivity contribution in [1.29, 1.82) is 0 Å². The standard InChI is InChI=1S/C24H33N3O4S/c1-14(2)12-27(13-15(3)4)23(29)19-7-8-20-21(19)25-24(32-20)26-22(28)16-9-17(30-5)11-18(10-16)31-6/h9-11,14-15,19H,7-8,12-13H2,1-6H3,(H,25,26,28). The lowest BCUT2D eigenvalue weighted by molar-refractivity contribution is -0.134. The van der Waals surface area contributed by atoms with Gasteiger partial charge in [-0.25, -0.2) is 4.98 Å². The van der Waals surface area contributed by atoms with Crippen LogP contribution in [0.15, 0.2) is 18.2 Å². The molecule has 7 nitrogen and oxygen atoms in total. The Labute approximate surface area is 194 Å². The zero-order valence-corrected chi connectivity index (χ0v) is 20.5. The second-order valence-electron chi connectivity index (χ2n) is 9.01. The molecular formula is C24H33N3O4S. The number of rotatable bonds is 9. The molecule has 0 aliphatic heterocycles. The van der Waals surface area contributed by atoms with Gasteiger partial charge < -0.3 is 14.4 Å². The van der Waals surface area contributed by atoms with E-state index in [2.05, 4.69) is 38.0 Å². The minimum atomic E-state index is -0.293. The third kappa shape index (κ3) is 5.59. The molecule has 1 N–H and O–H groups in total. The van der Waals surface area contributed by atoms with Crippen molar-refractivity contribution in [3.05, 3.63) is 34.3 Å². The largest absolute Gasteiger partial charge is 0.497 e. The van der Waals surface area contributed by atoms with Gasteiger partial charge in [0.15, 0.2) is 5.13 Å². The molecule has 0 spiro atoms. The lowest BCUT2D eigenvalue weighted by atomic mass is 10.0. The van der Waals surface area contributed by atoms with Crippen molar-refractivity contribution in [2.75, 3.05) is 32.6 Å². The first kappa shape index (κ1) is 24.0. The predicted molar refractivity (Wildman–Crippen MR) is 127 cm³/mol. The third-order valence-electron chi connectivity index (χ3n) is 5.33. The maximum atomic E-state index is 13.3. The van der Waals surface area contributed by atoms with Crippen LogP contribution in [0.4, 0.5) is 5.13 Å². The van der Waals surface area contributed by atoms with Crippen molar-refractivity contribution in [3.63, 3.8) is 0 Å². The Hall–Kier alpha value is -2.61. The number of anilines is 1. The summed E-state index contributed by atoms with van der Waals surface area (Å²) in [5.74, 6) is 1.51. The van der Waals surface area contributed by atoms with Crippen molar-refractivity contribution in [1.82, 2.24) is 9.88 Å². The zero-order valence-electron chi connectivity index (χ0n) is 19.7. The summed E-state index contributed by atoms with van der Waals surface area (Å²) in [6, 6.07) is 5.02. The van der Waals surface area contributed by atoms with Gasteiger partial charge in [-0.05, 0) is 36.8 Å². The fraction of sp³-hybridized carbons (Fsp3) is 0.542. The molecule has 0 saturated carbocycles. The number of benzene rings is 1. The van der Waals surface area contributed by atoms with E-state index in [4.69, 9.17) is 9.47 Å². The van der Waals surface area contributed by atoms with Crippen LogP contribution in [-0.2, 0) is 11.2 Å². The summed E-state index contributed by atoms with van der Waals surface area (Å²) in [6.45, 7) is 10.0. The number of nitrogens with zero attached hydrogens (tertiary/aromatic N) is 2. The molecule has 2 amide bonds. The van der Waals surface area contributed by atoms with E-state index in [0.29, 0.717) is 34.0 Å². The molecule has 1 aliphatic rings. The molecule has 2 aromatic rings. The summed E-state index contributed by atoms with van der Waals surface area (Å²) < 4.78 is 10.5. The number of aromatic nitrogens is 1. The lowest BCUT2D eigenvalue weighted by Crippen LogP contribution is -2.39. The molecule has 1 heterocycles. The van der Waals surface area contributed by atoms with Gasteiger partial charge in [0.2, 0.25) is 5.91 Å². The van der Waals surface area contributed by atoms with Crippen LogP contribution in [-0.4, -0.2) is 49.0 Å². The number of methoxy groups -OCH3 is 2. The minimum Gasteiger partial charge on any atom is -0.497 e. The van der Waals surface area contributed by atoms with Gasteiger partial charge in [-0.15, -0.1) is 11.3 Å². The Balaban J connectivity index is 1.77. The number of hydrogen-bond acceptors (Lipinski definition) is 6. The molecule has 1 atom stereocenters. The number of ether oxygens (including phenoxy) is 2. The second kappa shape index (κ2) is 10.3. The van der Waals surface area contributed by atoms with Crippen LogP contribution in [0.25, 0.3) is 0 Å². The first-order valence-electron chi connectivity index (χ1n) is 11.0. The Kier molecular flexibility index (Phi) is 7.77. The van der Waals surface area contributed by atoms with Gasteiger partial charge in [-0.1, -0.05) is 27.7 Å².